The molecule has 0 aromatic heterocycles. The normalized spacial score (nSPS) is 12.8. The second-order valence-electron chi connectivity index (χ2n) is 22.8. The highest BCUT2D eigenvalue weighted by atomic mass is 16.5. The van der Waals surface area contributed by atoms with Crippen molar-refractivity contribution in [1.82, 2.24) is 5.32 Å². The third kappa shape index (κ3) is 59.3. The number of hydrogen-bond acceptors (Lipinski definition) is 5. The van der Waals surface area contributed by atoms with Crippen molar-refractivity contribution in [2.24, 2.45) is 0 Å². The molecule has 2 unspecified atom stereocenters. The van der Waals surface area contributed by atoms with E-state index in [1.807, 2.05) is 6.08 Å². The van der Waals surface area contributed by atoms with Gasteiger partial charge in [-0.15, -0.1) is 0 Å². The molecule has 0 aliphatic rings. The van der Waals surface area contributed by atoms with E-state index in [-0.39, 0.29) is 18.5 Å². The molecule has 0 radical (unpaired) electrons. The van der Waals surface area contributed by atoms with Gasteiger partial charge in [0.15, 0.2) is 0 Å². The molecule has 6 nitrogen and oxygen atoms in total. The standard InChI is InChI=1S/C68H129NO5/c1-3-5-7-9-11-13-15-17-19-21-23-24-25-27-28-32-36-40-44-48-52-56-60-66(71)65(64-70)69-67(72)61-57-53-49-45-41-37-33-30-31-35-39-43-47-51-55-59-63-74-68(73)62-58-54-50-46-42-38-34-29-26-22-20-18-16-14-12-10-8-6-4-2/h18,20,30,33,56,60,65-66,70-71H,3-17,19,21-29,31-32,34-55,57-59,61-64H2,1-2H3,(H,69,72)/b20-18-,33-30-,60-56+. The summed E-state index contributed by atoms with van der Waals surface area (Å²) in [5.41, 5.74) is 0. The summed E-state index contributed by atoms with van der Waals surface area (Å²) < 4.78 is 5.49. The molecule has 0 aromatic carbocycles. The predicted octanol–water partition coefficient (Wildman–Crippen LogP) is 21.1. The smallest absolute Gasteiger partial charge is 0.305 e. The lowest BCUT2D eigenvalue weighted by Gasteiger charge is -2.20. The number of unbranched alkanes of at least 4 members (excludes halogenated alkanes) is 47. The van der Waals surface area contributed by atoms with Crippen LogP contribution in [0, 0.1) is 0 Å². The minimum Gasteiger partial charge on any atom is -0.466 e. The first-order valence-electron chi connectivity index (χ1n) is 33.3. The number of esters is 1. The van der Waals surface area contributed by atoms with Gasteiger partial charge in [0, 0.05) is 12.8 Å². The number of amides is 1. The number of hydrogen-bond donors (Lipinski definition) is 3. The van der Waals surface area contributed by atoms with Crippen LogP contribution in [0.2, 0.25) is 0 Å². The molecule has 6 heteroatoms. The molecule has 1 amide bonds. The van der Waals surface area contributed by atoms with Gasteiger partial charge in [-0.05, 0) is 83.5 Å². The first-order chi connectivity index (χ1) is 36.5. The first-order valence-corrected chi connectivity index (χ1v) is 33.3. The molecule has 0 bridgehead atoms. The zero-order valence-electron chi connectivity index (χ0n) is 49.8. The highest BCUT2D eigenvalue weighted by Crippen LogP contribution is 2.18. The highest BCUT2D eigenvalue weighted by Gasteiger charge is 2.18. The molecule has 0 fully saturated rings. The second kappa shape index (κ2) is 63.6. The Kier molecular flexibility index (Phi) is 62.0. The predicted molar refractivity (Wildman–Crippen MR) is 324 cm³/mol. The van der Waals surface area contributed by atoms with Crippen LogP contribution < -0.4 is 5.32 Å². The van der Waals surface area contributed by atoms with Crippen LogP contribution in [0.5, 0.6) is 0 Å². The van der Waals surface area contributed by atoms with Gasteiger partial charge in [-0.2, -0.15) is 0 Å². The summed E-state index contributed by atoms with van der Waals surface area (Å²) in [5.74, 6) is -0.0857. The van der Waals surface area contributed by atoms with E-state index in [2.05, 4.69) is 43.5 Å². The second-order valence-corrected chi connectivity index (χ2v) is 22.8. The van der Waals surface area contributed by atoms with E-state index in [0.717, 1.165) is 64.2 Å². The molecule has 0 heterocycles. The van der Waals surface area contributed by atoms with Crippen molar-refractivity contribution >= 4 is 11.9 Å². The largest absolute Gasteiger partial charge is 0.466 e. The Hall–Kier alpha value is -1.92. The average Bonchev–Trinajstić information content (AvgIpc) is 3.40. The van der Waals surface area contributed by atoms with Crippen molar-refractivity contribution in [3.63, 3.8) is 0 Å². The van der Waals surface area contributed by atoms with Crippen LogP contribution in [-0.4, -0.2) is 47.4 Å². The van der Waals surface area contributed by atoms with E-state index in [1.54, 1.807) is 6.08 Å². The van der Waals surface area contributed by atoms with Crippen LogP contribution in [-0.2, 0) is 14.3 Å². The van der Waals surface area contributed by atoms with E-state index in [1.165, 1.54) is 270 Å². The molecule has 0 aliphatic heterocycles. The fourth-order valence-corrected chi connectivity index (χ4v) is 10.3. The lowest BCUT2D eigenvalue weighted by atomic mass is 10.0. The quantitative estimate of drug-likeness (QED) is 0.0320. The van der Waals surface area contributed by atoms with Crippen LogP contribution >= 0.6 is 0 Å². The SMILES string of the molecule is CCCCCCCC/C=C\CCCCCCCCCCCC(=O)OCCCCCCCCC/C=C\CCCCCCCC(=O)NC(CO)C(O)/C=C/CCCCCCCCCCCCCCCCCCCCCC. The fraction of sp³-hybridized carbons (Fsp3) is 0.882. The Morgan fingerprint density at radius 3 is 0.959 bits per heavy atom. The van der Waals surface area contributed by atoms with Crippen LogP contribution in [0.1, 0.15) is 361 Å². The maximum Gasteiger partial charge on any atom is 0.305 e. The lowest BCUT2D eigenvalue weighted by Crippen LogP contribution is -2.45. The van der Waals surface area contributed by atoms with Gasteiger partial charge in [0.1, 0.15) is 0 Å². The summed E-state index contributed by atoms with van der Waals surface area (Å²) in [6.07, 6.45) is 80.5. The average molecular weight is 1040 g/mol. The lowest BCUT2D eigenvalue weighted by molar-refractivity contribution is -0.143. The number of carbonyl (C=O) groups is 2. The van der Waals surface area contributed by atoms with Gasteiger partial charge in [-0.25, -0.2) is 0 Å². The summed E-state index contributed by atoms with van der Waals surface area (Å²) in [7, 11) is 0. The van der Waals surface area contributed by atoms with Gasteiger partial charge in [0.25, 0.3) is 0 Å². The molecule has 0 aliphatic carbocycles. The minimum atomic E-state index is -0.857. The molecule has 0 rings (SSSR count). The molecule has 3 N–H and O–H groups in total. The number of rotatable bonds is 62. The Balaban J connectivity index is 3.47. The Bertz CT molecular complexity index is 1200. The number of aliphatic hydroxyl groups is 2. The summed E-state index contributed by atoms with van der Waals surface area (Å²) in [6, 6.07) is -0.642. The van der Waals surface area contributed by atoms with Crippen LogP contribution in [0.25, 0.3) is 0 Å². The van der Waals surface area contributed by atoms with E-state index < -0.39 is 12.1 Å². The molecular formula is C68H129NO5. The Morgan fingerprint density at radius 1 is 0.365 bits per heavy atom. The van der Waals surface area contributed by atoms with Gasteiger partial charge in [-0.1, -0.05) is 301 Å². The minimum absolute atomic E-state index is 0.00370. The van der Waals surface area contributed by atoms with E-state index >= 15 is 0 Å². The van der Waals surface area contributed by atoms with Crippen molar-refractivity contribution in [3.05, 3.63) is 36.5 Å². The molecule has 0 spiro atoms. The summed E-state index contributed by atoms with van der Waals surface area (Å²) in [4.78, 5) is 24.6. The van der Waals surface area contributed by atoms with Crippen molar-refractivity contribution in [1.29, 1.82) is 0 Å². The zero-order valence-corrected chi connectivity index (χ0v) is 49.8. The van der Waals surface area contributed by atoms with Crippen molar-refractivity contribution in [2.45, 2.75) is 373 Å². The van der Waals surface area contributed by atoms with Crippen molar-refractivity contribution in [3.8, 4) is 0 Å². The number of nitrogens with one attached hydrogen (secondary N) is 1. The first kappa shape index (κ1) is 72.1. The molecule has 0 aromatic rings. The van der Waals surface area contributed by atoms with Gasteiger partial charge in [-0.3, -0.25) is 9.59 Å². The maximum atomic E-state index is 12.5. The van der Waals surface area contributed by atoms with E-state index in [9.17, 15) is 19.8 Å². The summed E-state index contributed by atoms with van der Waals surface area (Å²) in [6.45, 7) is 4.90. The fourth-order valence-electron chi connectivity index (χ4n) is 10.3. The molecular weight excluding hydrogens is 911 g/mol. The van der Waals surface area contributed by atoms with Crippen LogP contribution in [0.3, 0.4) is 0 Å². The highest BCUT2D eigenvalue weighted by molar-refractivity contribution is 5.76. The topological polar surface area (TPSA) is 95.9 Å². The van der Waals surface area contributed by atoms with Gasteiger partial charge in [0.05, 0.1) is 25.4 Å². The molecule has 0 saturated carbocycles. The van der Waals surface area contributed by atoms with Gasteiger partial charge < -0.3 is 20.3 Å². The van der Waals surface area contributed by atoms with Crippen LogP contribution in [0.15, 0.2) is 36.5 Å². The number of allylic oxidation sites excluding steroid dienone is 5. The molecule has 2 atom stereocenters. The van der Waals surface area contributed by atoms with Crippen molar-refractivity contribution < 1.29 is 24.5 Å². The third-order valence-corrected chi connectivity index (χ3v) is 15.4. The van der Waals surface area contributed by atoms with Gasteiger partial charge >= 0.3 is 5.97 Å². The van der Waals surface area contributed by atoms with E-state index in [0.29, 0.717) is 19.4 Å². The Morgan fingerprint density at radius 2 is 0.635 bits per heavy atom. The van der Waals surface area contributed by atoms with Crippen molar-refractivity contribution in [2.75, 3.05) is 13.2 Å². The Labute approximate surface area is 462 Å². The molecule has 0 saturated heterocycles. The summed E-state index contributed by atoms with van der Waals surface area (Å²) in [5, 5.41) is 23.2. The van der Waals surface area contributed by atoms with Crippen LogP contribution in [0.4, 0.5) is 0 Å². The summed E-state index contributed by atoms with van der Waals surface area (Å²) >= 11 is 0. The van der Waals surface area contributed by atoms with Gasteiger partial charge in [0.2, 0.25) is 5.91 Å². The molecule has 436 valence electrons. The number of ether oxygens (including phenoxy) is 1. The third-order valence-electron chi connectivity index (χ3n) is 15.4. The molecule has 74 heavy (non-hydrogen) atoms. The maximum absolute atomic E-state index is 12.5. The van der Waals surface area contributed by atoms with E-state index in [4.69, 9.17) is 4.74 Å². The number of aliphatic hydroxyl groups excluding tert-OH is 2. The zero-order chi connectivity index (χ0) is 53.6. The number of carbonyl (C=O) groups excluding carboxylic acids is 2. The monoisotopic (exact) mass is 1040 g/mol.